The van der Waals surface area contributed by atoms with Crippen molar-refractivity contribution in [2.75, 3.05) is 11.9 Å². The van der Waals surface area contributed by atoms with Crippen LogP contribution in [0.1, 0.15) is 23.7 Å². The van der Waals surface area contributed by atoms with E-state index in [1.807, 2.05) is 13.0 Å². The van der Waals surface area contributed by atoms with Gasteiger partial charge in [-0.05, 0) is 48.9 Å². The zero-order valence-corrected chi connectivity index (χ0v) is 14.9. The highest BCUT2D eigenvalue weighted by atomic mass is 79.9. The third-order valence-corrected chi connectivity index (χ3v) is 5.02. The van der Waals surface area contributed by atoms with Gasteiger partial charge in [0, 0.05) is 22.3 Å². The normalized spacial score (nSPS) is 11.2. The summed E-state index contributed by atoms with van der Waals surface area (Å²) in [5, 5.41) is 2.73. The quantitative estimate of drug-likeness (QED) is 0.785. The summed E-state index contributed by atoms with van der Waals surface area (Å²) in [6.07, 6.45) is 0.722. The smallest absolute Gasteiger partial charge is 0.255 e. The van der Waals surface area contributed by atoms with Crippen LogP contribution in [-0.4, -0.2) is 20.9 Å². The predicted molar refractivity (Wildman–Crippen MR) is 94.0 cm³/mol. The first-order chi connectivity index (χ1) is 10.9. The van der Waals surface area contributed by atoms with Gasteiger partial charge < -0.3 is 5.32 Å². The van der Waals surface area contributed by atoms with Gasteiger partial charge in [-0.1, -0.05) is 28.9 Å². The number of hydrogen-bond acceptors (Lipinski definition) is 3. The van der Waals surface area contributed by atoms with Crippen LogP contribution in [0.15, 0.2) is 57.9 Å². The minimum atomic E-state index is -3.49. The maximum atomic E-state index is 12.1. The highest BCUT2D eigenvalue weighted by Crippen LogP contribution is 2.16. The summed E-state index contributed by atoms with van der Waals surface area (Å²) >= 11 is 3.31. The summed E-state index contributed by atoms with van der Waals surface area (Å²) in [6, 6.07) is 13.1. The second-order valence-corrected chi connectivity index (χ2v) is 7.57. The van der Waals surface area contributed by atoms with Gasteiger partial charge in [-0.3, -0.25) is 4.79 Å². The molecule has 5 nitrogen and oxygen atoms in total. The van der Waals surface area contributed by atoms with Crippen molar-refractivity contribution in [2.24, 2.45) is 0 Å². The third kappa shape index (κ3) is 4.89. The molecule has 0 aliphatic rings. The van der Waals surface area contributed by atoms with Crippen LogP contribution in [-0.2, 0) is 10.0 Å². The number of amides is 1. The number of hydrogen-bond donors (Lipinski definition) is 2. The topological polar surface area (TPSA) is 75.3 Å². The minimum Gasteiger partial charge on any atom is -0.322 e. The van der Waals surface area contributed by atoms with E-state index in [1.165, 1.54) is 12.1 Å². The van der Waals surface area contributed by atoms with E-state index < -0.39 is 10.0 Å². The van der Waals surface area contributed by atoms with Crippen LogP contribution >= 0.6 is 15.9 Å². The predicted octanol–water partition coefficient (Wildman–Crippen LogP) is 3.39. The molecule has 0 fully saturated rings. The van der Waals surface area contributed by atoms with Crippen molar-refractivity contribution in [2.45, 2.75) is 18.2 Å². The molecule has 0 radical (unpaired) electrons. The molecule has 0 heterocycles. The first-order valence-corrected chi connectivity index (χ1v) is 9.36. The van der Waals surface area contributed by atoms with E-state index in [1.54, 1.807) is 30.3 Å². The van der Waals surface area contributed by atoms with Gasteiger partial charge in [-0.25, -0.2) is 13.1 Å². The zero-order chi connectivity index (χ0) is 16.9. The first-order valence-electron chi connectivity index (χ1n) is 7.09. The molecule has 0 saturated heterocycles. The van der Waals surface area contributed by atoms with E-state index in [-0.39, 0.29) is 10.8 Å². The van der Waals surface area contributed by atoms with Crippen LogP contribution in [0.2, 0.25) is 0 Å². The van der Waals surface area contributed by atoms with Crippen LogP contribution in [0.25, 0.3) is 0 Å². The fourth-order valence-electron chi connectivity index (χ4n) is 1.87. The lowest BCUT2D eigenvalue weighted by molar-refractivity contribution is 0.102. The molecule has 2 aromatic carbocycles. The Labute approximate surface area is 144 Å². The number of rotatable bonds is 6. The molecule has 0 aromatic heterocycles. The summed E-state index contributed by atoms with van der Waals surface area (Å²) in [4.78, 5) is 12.3. The maximum Gasteiger partial charge on any atom is 0.255 e. The van der Waals surface area contributed by atoms with Crippen molar-refractivity contribution in [3.63, 3.8) is 0 Å². The molecule has 23 heavy (non-hydrogen) atoms. The summed E-state index contributed by atoms with van der Waals surface area (Å²) in [7, 11) is -3.49. The van der Waals surface area contributed by atoms with Crippen LogP contribution in [0, 0.1) is 0 Å². The number of anilines is 1. The minimum absolute atomic E-state index is 0.173. The van der Waals surface area contributed by atoms with E-state index >= 15 is 0 Å². The number of carbonyl (C=O) groups excluding carboxylic acids is 1. The second-order valence-electron chi connectivity index (χ2n) is 4.89. The Morgan fingerprint density at radius 2 is 1.83 bits per heavy atom. The van der Waals surface area contributed by atoms with Crippen molar-refractivity contribution in [3.8, 4) is 0 Å². The zero-order valence-electron chi connectivity index (χ0n) is 12.5. The largest absolute Gasteiger partial charge is 0.322 e. The van der Waals surface area contributed by atoms with Crippen LogP contribution in [0.3, 0.4) is 0 Å². The Morgan fingerprint density at radius 3 is 2.43 bits per heavy atom. The molecule has 0 aliphatic heterocycles. The number of carbonyl (C=O) groups is 1. The molecule has 1 amide bonds. The molecule has 2 aromatic rings. The van der Waals surface area contributed by atoms with Crippen molar-refractivity contribution >= 4 is 37.5 Å². The molecule has 0 spiro atoms. The molecule has 2 rings (SSSR count). The first kappa shape index (κ1) is 17.7. The molecule has 122 valence electrons. The molecule has 0 aliphatic carbocycles. The van der Waals surface area contributed by atoms with Crippen molar-refractivity contribution in [3.05, 3.63) is 58.6 Å². The van der Waals surface area contributed by atoms with Gasteiger partial charge in [-0.15, -0.1) is 0 Å². The summed E-state index contributed by atoms with van der Waals surface area (Å²) in [5.74, 6) is -0.258. The lowest BCUT2D eigenvalue weighted by Crippen LogP contribution is -2.24. The monoisotopic (exact) mass is 396 g/mol. The number of nitrogens with one attached hydrogen (secondary N) is 2. The van der Waals surface area contributed by atoms with Crippen molar-refractivity contribution in [1.29, 1.82) is 0 Å². The van der Waals surface area contributed by atoms with Crippen LogP contribution < -0.4 is 10.0 Å². The molecular weight excluding hydrogens is 380 g/mol. The van der Waals surface area contributed by atoms with E-state index in [0.717, 1.165) is 10.9 Å². The standard InChI is InChI=1S/C16H17BrN2O3S/c1-2-10-18-23(21,22)15-8-6-14(7-9-15)19-16(20)12-4-3-5-13(17)11-12/h3-9,11,18H,2,10H2,1H3,(H,19,20). The molecule has 2 N–H and O–H groups in total. The highest BCUT2D eigenvalue weighted by Gasteiger charge is 2.13. The van der Waals surface area contributed by atoms with E-state index in [9.17, 15) is 13.2 Å². The molecular formula is C16H17BrN2O3S. The fraction of sp³-hybridized carbons (Fsp3) is 0.188. The van der Waals surface area contributed by atoms with Crippen molar-refractivity contribution < 1.29 is 13.2 Å². The van der Waals surface area contributed by atoms with Gasteiger partial charge in [0.25, 0.3) is 5.91 Å². The summed E-state index contributed by atoms with van der Waals surface area (Å²) < 4.78 is 27.3. The molecule has 0 unspecified atom stereocenters. The van der Waals surface area contributed by atoms with E-state index in [4.69, 9.17) is 0 Å². The Hall–Kier alpha value is -1.70. The molecule has 0 bridgehead atoms. The van der Waals surface area contributed by atoms with E-state index in [0.29, 0.717) is 17.8 Å². The number of sulfonamides is 1. The average molecular weight is 397 g/mol. The van der Waals surface area contributed by atoms with Gasteiger partial charge in [0.05, 0.1) is 4.90 Å². The Kier molecular flexibility index (Phi) is 5.92. The number of benzene rings is 2. The summed E-state index contributed by atoms with van der Waals surface area (Å²) in [5.41, 5.74) is 1.05. The molecule has 0 atom stereocenters. The number of halogens is 1. The average Bonchev–Trinajstić information content (AvgIpc) is 2.53. The lowest BCUT2D eigenvalue weighted by Gasteiger charge is -2.08. The second kappa shape index (κ2) is 7.72. The Bertz CT molecular complexity index is 789. The lowest BCUT2D eigenvalue weighted by atomic mass is 10.2. The molecule has 0 saturated carbocycles. The SMILES string of the molecule is CCCNS(=O)(=O)c1ccc(NC(=O)c2cccc(Br)c2)cc1. The van der Waals surface area contributed by atoms with Gasteiger partial charge in [0.2, 0.25) is 10.0 Å². The molecule has 7 heteroatoms. The Balaban J connectivity index is 2.10. The van der Waals surface area contributed by atoms with Gasteiger partial charge in [-0.2, -0.15) is 0 Å². The summed E-state index contributed by atoms with van der Waals surface area (Å²) in [6.45, 7) is 2.28. The van der Waals surface area contributed by atoms with E-state index in [2.05, 4.69) is 26.0 Å². The van der Waals surface area contributed by atoms with Crippen LogP contribution in [0.4, 0.5) is 5.69 Å². The van der Waals surface area contributed by atoms with Gasteiger partial charge in [0.15, 0.2) is 0 Å². The maximum absolute atomic E-state index is 12.1. The van der Waals surface area contributed by atoms with Gasteiger partial charge >= 0.3 is 0 Å². The highest BCUT2D eigenvalue weighted by molar-refractivity contribution is 9.10. The van der Waals surface area contributed by atoms with Crippen molar-refractivity contribution in [1.82, 2.24) is 4.72 Å². The van der Waals surface area contributed by atoms with Gasteiger partial charge in [0.1, 0.15) is 0 Å². The fourth-order valence-corrected chi connectivity index (χ4v) is 3.40. The van der Waals surface area contributed by atoms with Crippen LogP contribution in [0.5, 0.6) is 0 Å². The third-order valence-electron chi connectivity index (χ3n) is 3.05. The Morgan fingerprint density at radius 1 is 1.13 bits per heavy atom.